The van der Waals surface area contributed by atoms with E-state index in [-0.39, 0.29) is 11.8 Å². The fourth-order valence-corrected chi connectivity index (χ4v) is 4.30. The van der Waals surface area contributed by atoms with Crippen molar-refractivity contribution in [2.45, 2.75) is 19.8 Å². The third kappa shape index (κ3) is 5.62. The van der Waals surface area contributed by atoms with Crippen LogP contribution in [0.2, 0.25) is 0 Å². The molecular formula is C23H33N5O3. The van der Waals surface area contributed by atoms with E-state index in [1.165, 1.54) is 0 Å². The molecule has 3 heterocycles. The Morgan fingerprint density at radius 2 is 2.06 bits per heavy atom. The Balaban J connectivity index is 1.16. The van der Waals surface area contributed by atoms with Gasteiger partial charge in [0.1, 0.15) is 0 Å². The standard InChI is InChI=1S/C23H33N5O3/c1-3-28(22(29)16-27-10-8-26(2)9-11-27)7-5-17-12-19(17)14-25-23(30)20-13-18-4-6-24-15-21(18)31-20/h4,6,13,15,17,19H,3,5,7-12,14,16H2,1-2H3,(H,25,30). The van der Waals surface area contributed by atoms with E-state index in [4.69, 9.17) is 4.42 Å². The Kier molecular flexibility index (Phi) is 6.87. The topological polar surface area (TPSA) is 81.9 Å². The lowest BCUT2D eigenvalue weighted by atomic mass is 10.2. The van der Waals surface area contributed by atoms with Gasteiger partial charge in [0.05, 0.1) is 12.7 Å². The second kappa shape index (κ2) is 9.78. The molecule has 1 aliphatic carbocycles. The molecule has 4 rings (SSSR count). The predicted molar refractivity (Wildman–Crippen MR) is 119 cm³/mol. The summed E-state index contributed by atoms with van der Waals surface area (Å²) in [4.78, 5) is 35.6. The van der Waals surface area contributed by atoms with Gasteiger partial charge >= 0.3 is 0 Å². The van der Waals surface area contributed by atoms with E-state index in [2.05, 4.69) is 34.1 Å². The molecule has 168 valence electrons. The molecule has 2 aliphatic rings. The summed E-state index contributed by atoms with van der Waals surface area (Å²) in [5, 5.41) is 3.87. The lowest BCUT2D eigenvalue weighted by molar-refractivity contribution is -0.132. The van der Waals surface area contributed by atoms with Crippen LogP contribution >= 0.6 is 0 Å². The third-order valence-electron chi connectivity index (χ3n) is 6.60. The van der Waals surface area contributed by atoms with Crippen molar-refractivity contribution in [2.24, 2.45) is 11.8 Å². The molecule has 2 unspecified atom stereocenters. The summed E-state index contributed by atoms with van der Waals surface area (Å²) in [5.41, 5.74) is 0.623. The normalized spacial score (nSPS) is 21.9. The Morgan fingerprint density at radius 1 is 1.26 bits per heavy atom. The van der Waals surface area contributed by atoms with Crippen molar-refractivity contribution in [1.82, 2.24) is 25.0 Å². The smallest absolute Gasteiger partial charge is 0.287 e. The number of carbonyl (C=O) groups excluding carboxylic acids is 2. The Morgan fingerprint density at radius 3 is 2.81 bits per heavy atom. The molecule has 1 aliphatic heterocycles. The van der Waals surface area contributed by atoms with E-state index in [1.807, 2.05) is 11.0 Å². The predicted octanol–water partition coefficient (Wildman–Crippen LogP) is 1.68. The summed E-state index contributed by atoms with van der Waals surface area (Å²) >= 11 is 0. The summed E-state index contributed by atoms with van der Waals surface area (Å²) in [6.07, 6.45) is 5.41. The van der Waals surface area contributed by atoms with Crippen molar-refractivity contribution in [2.75, 3.05) is 59.4 Å². The third-order valence-corrected chi connectivity index (χ3v) is 6.60. The molecule has 0 spiro atoms. The van der Waals surface area contributed by atoms with Crippen LogP contribution in [0.25, 0.3) is 11.0 Å². The van der Waals surface area contributed by atoms with Gasteiger partial charge in [-0.05, 0) is 50.8 Å². The highest BCUT2D eigenvalue weighted by Crippen LogP contribution is 2.40. The lowest BCUT2D eigenvalue weighted by Gasteiger charge is -2.33. The molecule has 8 nitrogen and oxygen atoms in total. The molecule has 2 aromatic rings. The van der Waals surface area contributed by atoms with E-state index >= 15 is 0 Å². The van der Waals surface area contributed by atoms with Gasteiger partial charge in [0.25, 0.3) is 5.91 Å². The molecule has 1 saturated carbocycles. The minimum Gasteiger partial charge on any atom is -0.449 e. The van der Waals surface area contributed by atoms with Crippen molar-refractivity contribution >= 4 is 22.8 Å². The van der Waals surface area contributed by atoms with E-state index < -0.39 is 0 Å². The minimum absolute atomic E-state index is 0.181. The first-order valence-corrected chi connectivity index (χ1v) is 11.3. The van der Waals surface area contributed by atoms with E-state index in [0.29, 0.717) is 36.3 Å². The number of carbonyl (C=O) groups is 2. The van der Waals surface area contributed by atoms with Crippen LogP contribution in [-0.4, -0.2) is 90.9 Å². The van der Waals surface area contributed by atoms with Crippen molar-refractivity contribution in [3.05, 3.63) is 30.3 Å². The summed E-state index contributed by atoms with van der Waals surface area (Å²) in [6.45, 7) is 8.77. The van der Waals surface area contributed by atoms with Crippen LogP contribution in [0.3, 0.4) is 0 Å². The number of furan rings is 1. The SMILES string of the molecule is CCN(CCC1CC1CNC(=O)c1cc2ccncc2o1)C(=O)CN1CCN(C)CC1. The van der Waals surface area contributed by atoms with Crippen LogP contribution < -0.4 is 5.32 Å². The zero-order valence-electron chi connectivity index (χ0n) is 18.5. The van der Waals surface area contributed by atoms with Gasteiger partial charge < -0.3 is 19.5 Å². The van der Waals surface area contributed by atoms with Gasteiger partial charge in [-0.1, -0.05) is 0 Å². The molecule has 31 heavy (non-hydrogen) atoms. The highest BCUT2D eigenvalue weighted by Gasteiger charge is 2.37. The first-order chi connectivity index (χ1) is 15.0. The number of nitrogens with zero attached hydrogens (tertiary/aromatic N) is 4. The van der Waals surface area contributed by atoms with Crippen LogP contribution in [0, 0.1) is 11.8 Å². The maximum Gasteiger partial charge on any atom is 0.287 e. The molecule has 8 heteroatoms. The zero-order valence-corrected chi connectivity index (χ0v) is 18.5. The molecule has 2 fully saturated rings. The van der Waals surface area contributed by atoms with Crippen LogP contribution in [0.4, 0.5) is 0 Å². The molecule has 1 N–H and O–H groups in total. The van der Waals surface area contributed by atoms with Crippen LogP contribution in [-0.2, 0) is 4.79 Å². The van der Waals surface area contributed by atoms with Crippen LogP contribution in [0.5, 0.6) is 0 Å². The first kappa shape index (κ1) is 21.8. The van der Waals surface area contributed by atoms with Crippen LogP contribution in [0.15, 0.2) is 28.9 Å². The fraction of sp³-hybridized carbons (Fsp3) is 0.609. The first-order valence-electron chi connectivity index (χ1n) is 11.3. The van der Waals surface area contributed by atoms with E-state index in [0.717, 1.165) is 57.5 Å². The fourth-order valence-electron chi connectivity index (χ4n) is 4.30. The average molecular weight is 428 g/mol. The van der Waals surface area contributed by atoms with Gasteiger partial charge in [-0.3, -0.25) is 19.5 Å². The van der Waals surface area contributed by atoms with Crippen molar-refractivity contribution in [3.8, 4) is 0 Å². The second-order valence-corrected chi connectivity index (χ2v) is 8.83. The number of amides is 2. The summed E-state index contributed by atoms with van der Waals surface area (Å²) in [7, 11) is 2.13. The molecule has 0 radical (unpaired) electrons. The van der Waals surface area contributed by atoms with E-state index in [9.17, 15) is 9.59 Å². The van der Waals surface area contributed by atoms with Crippen molar-refractivity contribution in [3.63, 3.8) is 0 Å². The number of piperazine rings is 1. The number of hydrogen-bond donors (Lipinski definition) is 1. The Labute approximate surface area is 183 Å². The van der Waals surface area contributed by atoms with Gasteiger partial charge in [-0.15, -0.1) is 0 Å². The van der Waals surface area contributed by atoms with Crippen LogP contribution in [0.1, 0.15) is 30.3 Å². The molecule has 1 saturated heterocycles. The minimum atomic E-state index is -0.181. The van der Waals surface area contributed by atoms with Gasteiger partial charge in [-0.25, -0.2) is 0 Å². The van der Waals surface area contributed by atoms with Gasteiger partial charge in [0, 0.05) is 57.4 Å². The Bertz CT molecular complexity index is 873. The van der Waals surface area contributed by atoms with Crippen molar-refractivity contribution in [1.29, 1.82) is 0 Å². The molecule has 2 aromatic heterocycles. The maximum atomic E-state index is 12.7. The summed E-state index contributed by atoms with van der Waals surface area (Å²) in [5.74, 6) is 1.44. The van der Waals surface area contributed by atoms with Gasteiger partial charge in [0.15, 0.2) is 11.3 Å². The summed E-state index contributed by atoms with van der Waals surface area (Å²) < 4.78 is 5.57. The van der Waals surface area contributed by atoms with Gasteiger partial charge in [-0.2, -0.15) is 0 Å². The number of pyridine rings is 1. The van der Waals surface area contributed by atoms with Crippen molar-refractivity contribution < 1.29 is 14.0 Å². The number of nitrogens with one attached hydrogen (secondary N) is 1. The largest absolute Gasteiger partial charge is 0.449 e. The Hall–Kier alpha value is -2.45. The monoisotopic (exact) mass is 427 g/mol. The van der Waals surface area contributed by atoms with E-state index in [1.54, 1.807) is 18.5 Å². The number of likely N-dealkylation sites (N-methyl/N-ethyl adjacent to an activating group) is 2. The average Bonchev–Trinajstić information content (AvgIpc) is 3.38. The highest BCUT2D eigenvalue weighted by atomic mass is 16.3. The molecule has 2 atom stereocenters. The molecule has 0 bridgehead atoms. The lowest BCUT2D eigenvalue weighted by Crippen LogP contribution is -2.49. The molecule has 0 aromatic carbocycles. The number of fused-ring (bicyclic) bond motifs is 1. The zero-order chi connectivity index (χ0) is 21.8. The number of hydrogen-bond acceptors (Lipinski definition) is 6. The molecule has 2 amide bonds. The second-order valence-electron chi connectivity index (χ2n) is 8.83. The quantitative estimate of drug-likeness (QED) is 0.656. The maximum absolute atomic E-state index is 12.7. The molecular weight excluding hydrogens is 394 g/mol. The number of aromatic nitrogens is 1. The highest BCUT2D eigenvalue weighted by molar-refractivity contribution is 5.95. The summed E-state index contributed by atoms with van der Waals surface area (Å²) in [6, 6.07) is 3.58. The number of rotatable bonds is 9. The van der Waals surface area contributed by atoms with Gasteiger partial charge in [0.2, 0.25) is 5.91 Å².